The van der Waals surface area contributed by atoms with Crippen LogP contribution < -0.4 is 17.5 Å². The van der Waals surface area contributed by atoms with Crippen LogP contribution in [0, 0.1) is 6.92 Å². The largest absolute Gasteiger partial charge is 2.00 e. The zero-order valence-electron chi connectivity index (χ0n) is 9.60. The maximum Gasteiger partial charge on any atom is 2.00 e. The minimum atomic E-state index is -0.0715. The average molecular weight is 310 g/mol. The average Bonchev–Trinajstić information content (AvgIpc) is 2.32. The van der Waals surface area contributed by atoms with Gasteiger partial charge in [0, 0.05) is 6.20 Å². The van der Waals surface area contributed by atoms with Crippen LogP contribution in [0.25, 0.3) is 0 Å². The standard InChI is InChI=1S/C13H12N2O.ClH.Cu/c1-10-5-6-13(16)12(8-10)15-9-11-4-2-3-7-14-11;;/h2-9,16H,1H3;1H;/q;;+2/p-2. The second-order valence-corrected chi connectivity index (χ2v) is 3.48. The topological polar surface area (TPSA) is 48.3 Å². The molecule has 0 N–H and O–H groups in total. The Hall–Kier alpha value is -1.35. The van der Waals surface area contributed by atoms with Crippen molar-refractivity contribution >= 4 is 11.9 Å². The van der Waals surface area contributed by atoms with Crippen LogP contribution in [0.5, 0.6) is 5.75 Å². The molecule has 0 aliphatic rings. The number of benzene rings is 1. The molecule has 0 saturated heterocycles. The van der Waals surface area contributed by atoms with Crippen LogP contribution in [-0.4, -0.2) is 11.2 Å². The number of nitrogens with zero attached hydrogens (tertiary/aromatic N) is 2. The molecule has 0 unspecified atom stereocenters. The third-order valence-corrected chi connectivity index (χ3v) is 2.14. The van der Waals surface area contributed by atoms with Crippen molar-refractivity contribution in [3.8, 4) is 5.75 Å². The van der Waals surface area contributed by atoms with E-state index in [4.69, 9.17) is 0 Å². The summed E-state index contributed by atoms with van der Waals surface area (Å²) in [6.07, 6.45) is 3.28. The summed E-state index contributed by atoms with van der Waals surface area (Å²) >= 11 is 0. The van der Waals surface area contributed by atoms with Gasteiger partial charge in [0.1, 0.15) is 0 Å². The summed E-state index contributed by atoms with van der Waals surface area (Å²) < 4.78 is 0. The molecule has 18 heavy (non-hydrogen) atoms. The van der Waals surface area contributed by atoms with Gasteiger partial charge in [-0.15, -0.1) is 0 Å². The Kier molecular flexibility index (Phi) is 7.29. The zero-order valence-corrected chi connectivity index (χ0v) is 11.3. The Bertz CT molecular complexity index is 518. The molecule has 3 nitrogen and oxygen atoms in total. The van der Waals surface area contributed by atoms with Crippen molar-refractivity contribution in [2.45, 2.75) is 6.92 Å². The third-order valence-electron chi connectivity index (χ3n) is 2.14. The molecule has 5 heteroatoms. The van der Waals surface area contributed by atoms with E-state index in [0.29, 0.717) is 5.69 Å². The van der Waals surface area contributed by atoms with Crippen LogP contribution in [0.1, 0.15) is 11.3 Å². The monoisotopic (exact) mass is 309 g/mol. The Labute approximate surface area is 123 Å². The fourth-order valence-electron chi connectivity index (χ4n) is 1.32. The summed E-state index contributed by atoms with van der Waals surface area (Å²) in [5.74, 6) is -0.0715. The SMILES string of the molecule is Cc1ccc([O-])c(N=Cc2ccccn2)c1.[Cl-].[Cu+2]. The summed E-state index contributed by atoms with van der Waals surface area (Å²) in [6.45, 7) is 1.93. The second-order valence-electron chi connectivity index (χ2n) is 3.48. The minimum Gasteiger partial charge on any atom is -1.00 e. The van der Waals surface area contributed by atoms with Gasteiger partial charge >= 0.3 is 17.1 Å². The number of hydrogen-bond acceptors (Lipinski definition) is 3. The van der Waals surface area contributed by atoms with Crippen LogP contribution >= 0.6 is 0 Å². The molecule has 0 spiro atoms. The predicted molar refractivity (Wildman–Crippen MR) is 62.1 cm³/mol. The van der Waals surface area contributed by atoms with Crippen molar-refractivity contribution in [1.29, 1.82) is 0 Å². The van der Waals surface area contributed by atoms with Gasteiger partial charge in [-0.1, -0.05) is 23.9 Å². The molecule has 1 heterocycles. The van der Waals surface area contributed by atoms with Gasteiger partial charge in [-0.2, -0.15) is 0 Å². The molecule has 0 amide bonds. The van der Waals surface area contributed by atoms with Crippen LogP contribution in [0.2, 0.25) is 0 Å². The molecule has 0 fully saturated rings. The fourth-order valence-corrected chi connectivity index (χ4v) is 1.32. The number of pyridine rings is 1. The fraction of sp³-hybridized carbons (Fsp3) is 0.0769. The van der Waals surface area contributed by atoms with Gasteiger partial charge in [0.15, 0.2) is 0 Å². The van der Waals surface area contributed by atoms with E-state index >= 15 is 0 Å². The maximum absolute atomic E-state index is 11.5. The summed E-state index contributed by atoms with van der Waals surface area (Å²) in [7, 11) is 0. The molecule has 2 aromatic rings. The molecular formula is C13H11ClCuN2O. The van der Waals surface area contributed by atoms with Crippen LogP contribution in [0.15, 0.2) is 47.6 Å². The van der Waals surface area contributed by atoms with Gasteiger partial charge < -0.3 is 17.5 Å². The van der Waals surface area contributed by atoms with E-state index in [-0.39, 0.29) is 35.2 Å². The summed E-state index contributed by atoms with van der Waals surface area (Å²) in [5, 5.41) is 11.5. The molecule has 1 aromatic carbocycles. The molecule has 1 radical (unpaired) electrons. The number of aromatic nitrogens is 1. The Morgan fingerprint density at radius 3 is 2.67 bits per heavy atom. The first-order valence-electron chi connectivity index (χ1n) is 4.98. The first-order chi connectivity index (χ1) is 7.75. The molecule has 2 rings (SSSR count). The quantitative estimate of drug-likeness (QED) is 0.539. The Morgan fingerprint density at radius 2 is 2.00 bits per heavy atom. The second kappa shape index (κ2) is 7.88. The first-order valence-corrected chi connectivity index (χ1v) is 4.98. The van der Waals surface area contributed by atoms with Crippen molar-refractivity contribution in [2.75, 3.05) is 0 Å². The van der Waals surface area contributed by atoms with E-state index in [9.17, 15) is 5.11 Å². The van der Waals surface area contributed by atoms with Crippen molar-refractivity contribution in [1.82, 2.24) is 4.98 Å². The molecular weight excluding hydrogens is 299 g/mol. The Morgan fingerprint density at radius 1 is 1.22 bits per heavy atom. The van der Waals surface area contributed by atoms with E-state index in [1.807, 2.05) is 25.1 Å². The van der Waals surface area contributed by atoms with Crippen molar-refractivity contribution < 1.29 is 34.6 Å². The van der Waals surface area contributed by atoms with E-state index in [1.54, 1.807) is 24.5 Å². The van der Waals surface area contributed by atoms with E-state index < -0.39 is 0 Å². The third kappa shape index (κ3) is 4.49. The molecule has 0 saturated carbocycles. The van der Waals surface area contributed by atoms with E-state index in [2.05, 4.69) is 9.98 Å². The van der Waals surface area contributed by atoms with Gasteiger partial charge in [0.2, 0.25) is 0 Å². The summed E-state index contributed by atoms with van der Waals surface area (Å²) in [4.78, 5) is 8.23. The summed E-state index contributed by atoms with van der Waals surface area (Å²) in [5.41, 5.74) is 2.21. The number of aryl methyl sites for hydroxylation is 1. The minimum absolute atomic E-state index is 0. The molecule has 0 bridgehead atoms. The van der Waals surface area contributed by atoms with Gasteiger partial charge in [-0.05, 0) is 30.7 Å². The predicted octanol–water partition coefficient (Wildman–Crippen LogP) is -0.784. The number of hydrogen-bond donors (Lipinski definition) is 0. The number of aliphatic imine (C=N–C) groups is 1. The van der Waals surface area contributed by atoms with E-state index in [1.165, 1.54) is 6.07 Å². The normalized spacial score (nSPS) is 9.61. The smallest absolute Gasteiger partial charge is 1.00 e. The molecule has 0 atom stereocenters. The zero-order chi connectivity index (χ0) is 11.4. The summed E-state index contributed by atoms with van der Waals surface area (Å²) in [6, 6.07) is 10.6. The van der Waals surface area contributed by atoms with Gasteiger partial charge in [0.05, 0.1) is 17.6 Å². The van der Waals surface area contributed by atoms with Crippen LogP contribution in [0.3, 0.4) is 0 Å². The molecule has 0 aliphatic heterocycles. The molecule has 1 aromatic heterocycles. The van der Waals surface area contributed by atoms with E-state index in [0.717, 1.165) is 11.3 Å². The molecule has 97 valence electrons. The first kappa shape index (κ1) is 16.6. The van der Waals surface area contributed by atoms with Gasteiger partial charge in [-0.25, -0.2) is 0 Å². The van der Waals surface area contributed by atoms with Gasteiger partial charge in [0.25, 0.3) is 0 Å². The number of rotatable bonds is 2. The van der Waals surface area contributed by atoms with Crippen molar-refractivity contribution in [2.24, 2.45) is 4.99 Å². The Balaban J connectivity index is 0.00000144. The molecule has 0 aliphatic carbocycles. The van der Waals surface area contributed by atoms with Gasteiger partial charge in [-0.3, -0.25) is 9.98 Å². The van der Waals surface area contributed by atoms with Crippen molar-refractivity contribution in [3.63, 3.8) is 0 Å². The number of halogens is 1. The van der Waals surface area contributed by atoms with Crippen LogP contribution in [0.4, 0.5) is 5.69 Å². The maximum atomic E-state index is 11.5. The van der Waals surface area contributed by atoms with Crippen molar-refractivity contribution in [3.05, 3.63) is 53.9 Å². The van der Waals surface area contributed by atoms with Crippen LogP contribution in [-0.2, 0) is 17.1 Å².